The van der Waals surface area contributed by atoms with Gasteiger partial charge in [0.1, 0.15) is 0 Å². The van der Waals surface area contributed by atoms with Gasteiger partial charge in [-0.25, -0.2) is 4.98 Å². The summed E-state index contributed by atoms with van der Waals surface area (Å²) in [5.41, 5.74) is 1.95. The van der Waals surface area contributed by atoms with Gasteiger partial charge in [-0.3, -0.25) is 4.79 Å². The molecule has 0 spiro atoms. The average Bonchev–Trinajstić information content (AvgIpc) is 3.17. The van der Waals surface area contributed by atoms with Gasteiger partial charge in [-0.05, 0) is 30.5 Å². The largest absolute Gasteiger partial charge is 0.349 e. The number of hydrogen-bond donors (Lipinski definition) is 1. The number of aromatic nitrogens is 2. The Morgan fingerprint density at radius 1 is 1.32 bits per heavy atom. The number of rotatable bonds is 5. The minimum absolute atomic E-state index is 0.0511. The van der Waals surface area contributed by atoms with Crippen molar-refractivity contribution in [3.8, 4) is 0 Å². The van der Waals surface area contributed by atoms with Crippen LogP contribution in [0.2, 0.25) is 0 Å². The summed E-state index contributed by atoms with van der Waals surface area (Å²) in [5, 5.41) is 4.12. The smallest absolute Gasteiger partial charge is 0.251 e. The van der Waals surface area contributed by atoms with Crippen LogP contribution in [0.3, 0.4) is 0 Å². The Morgan fingerprint density at radius 3 is 2.68 bits per heavy atom. The first-order valence-electron chi connectivity index (χ1n) is 7.72. The highest BCUT2D eigenvalue weighted by molar-refractivity contribution is 7.98. The molecule has 1 fully saturated rings. The lowest BCUT2D eigenvalue weighted by Crippen LogP contribution is -2.32. The van der Waals surface area contributed by atoms with Crippen molar-refractivity contribution in [2.24, 2.45) is 7.05 Å². The van der Waals surface area contributed by atoms with Gasteiger partial charge in [0.25, 0.3) is 5.91 Å². The number of carbonyl (C=O) groups excluding carboxylic acids is 1. The van der Waals surface area contributed by atoms with Gasteiger partial charge in [0.15, 0.2) is 5.16 Å². The van der Waals surface area contributed by atoms with Gasteiger partial charge in [-0.15, -0.1) is 0 Å². The van der Waals surface area contributed by atoms with Gasteiger partial charge in [-0.1, -0.05) is 36.7 Å². The molecule has 2 aromatic rings. The third kappa shape index (κ3) is 3.71. The van der Waals surface area contributed by atoms with Crippen molar-refractivity contribution in [3.05, 3.63) is 47.8 Å². The van der Waals surface area contributed by atoms with Crippen LogP contribution in [0.1, 0.15) is 41.6 Å². The maximum absolute atomic E-state index is 12.2. The molecule has 1 aromatic heterocycles. The molecule has 0 saturated heterocycles. The fourth-order valence-corrected chi connectivity index (χ4v) is 3.62. The Balaban J connectivity index is 1.55. The third-order valence-corrected chi connectivity index (χ3v) is 5.18. The Hall–Kier alpha value is -1.75. The highest BCUT2D eigenvalue weighted by Gasteiger charge is 2.17. The lowest BCUT2D eigenvalue weighted by molar-refractivity contribution is 0.0938. The number of aryl methyl sites for hydroxylation is 1. The quantitative estimate of drug-likeness (QED) is 0.860. The molecule has 116 valence electrons. The molecule has 0 atom stereocenters. The van der Waals surface area contributed by atoms with E-state index in [4.69, 9.17) is 0 Å². The Morgan fingerprint density at radius 2 is 2.05 bits per heavy atom. The van der Waals surface area contributed by atoms with Crippen molar-refractivity contribution in [2.45, 2.75) is 42.6 Å². The zero-order chi connectivity index (χ0) is 15.4. The van der Waals surface area contributed by atoms with E-state index >= 15 is 0 Å². The molecule has 22 heavy (non-hydrogen) atoms. The van der Waals surface area contributed by atoms with Crippen LogP contribution < -0.4 is 5.32 Å². The molecule has 1 amide bonds. The number of benzene rings is 1. The number of amides is 1. The first-order valence-corrected chi connectivity index (χ1v) is 8.71. The number of hydrogen-bond acceptors (Lipinski definition) is 3. The van der Waals surface area contributed by atoms with Crippen LogP contribution >= 0.6 is 11.8 Å². The molecular weight excluding hydrogens is 294 g/mol. The van der Waals surface area contributed by atoms with Gasteiger partial charge in [0.05, 0.1) is 0 Å². The lowest BCUT2D eigenvalue weighted by atomic mass is 10.1. The summed E-state index contributed by atoms with van der Waals surface area (Å²) in [4.78, 5) is 16.5. The highest BCUT2D eigenvalue weighted by atomic mass is 32.2. The predicted molar refractivity (Wildman–Crippen MR) is 88.9 cm³/mol. The van der Waals surface area contributed by atoms with E-state index in [1.807, 2.05) is 42.1 Å². The third-order valence-electron chi connectivity index (χ3n) is 4.05. The maximum Gasteiger partial charge on any atom is 0.251 e. The maximum atomic E-state index is 12.2. The number of nitrogens with one attached hydrogen (secondary N) is 1. The van der Waals surface area contributed by atoms with Crippen LogP contribution in [0.15, 0.2) is 41.8 Å². The first kappa shape index (κ1) is 15.2. The van der Waals surface area contributed by atoms with Crippen LogP contribution in [0, 0.1) is 0 Å². The van der Waals surface area contributed by atoms with Crippen LogP contribution in [-0.2, 0) is 12.8 Å². The minimum Gasteiger partial charge on any atom is -0.349 e. The molecule has 1 N–H and O–H groups in total. The molecule has 5 heteroatoms. The molecule has 0 radical (unpaired) electrons. The first-order chi connectivity index (χ1) is 10.7. The van der Waals surface area contributed by atoms with E-state index in [0.29, 0.717) is 6.04 Å². The fourth-order valence-electron chi connectivity index (χ4n) is 2.73. The summed E-state index contributed by atoms with van der Waals surface area (Å²) in [6, 6.07) is 8.25. The highest BCUT2D eigenvalue weighted by Crippen LogP contribution is 2.21. The van der Waals surface area contributed by atoms with Crippen molar-refractivity contribution in [2.75, 3.05) is 0 Å². The Bertz CT molecular complexity index is 630. The Kier molecular flexibility index (Phi) is 4.83. The zero-order valence-electron chi connectivity index (χ0n) is 12.8. The topological polar surface area (TPSA) is 46.9 Å². The SMILES string of the molecule is Cn1ccnc1SCc1ccc(C(=O)NC2CCCC2)cc1. The molecular formula is C17H21N3OS. The second kappa shape index (κ2) is 7.01. The summed E-state index contributed by atoms with van der Waals surface area (Å²) >= 11 is 1.70. The second-order valence-corrected chi connectivity index (χ2v) is 6.70. The van der Waals surface area contributed by atoms with E-state index in [1.165, 1.54) is 18.4 Å². The van der Waals surface area contributed by atoms with E-state index < -0.39 is 0 Å². The van der Waals surface area contributed by atoms with Crippen molar-refractivity contribution in [1.82, 2.24) is 14.9 Å². The van der Waals surface area contributed by atoms with E-state index in [1.54, 1.807) is 18.0 Å². The van der Waals surface area contributed by atoms with Gasteiger partial charge >= 0.3 is 0 Å². The number of nitrogens with zero attached hydrogens (tertiary/aromatic N) is 2. The normalized spacial score (nSPS) is 15.1. The zero-order valence-corrected chi connectivity index (χ0v) is 13.6. The Labute approximate surface area is 135 Å². The van der Waals surface area contributed by atoms with Crippen molar-refractivity contribution < 1.29 is 4.79 Å². The van der Waals surface area contributed by atoms with Crippen molar-refractivity contribution >= 4 is 17.7 Å². The molecule has 1 aliphatic carbocycles. The molecule has 0 unspecified atom stereocenters. The lowest BCUT2D eigenvalue weighted by Gasteiger charge is -2.12. The summed E-state index contributed by atoms with van der Waals surface area (Å²) < 4.78 is 2.01. The summed E-state index contributed by atoms with van der Waals surface area (Å²) in [7, 11) is 1.99. The molecule has 1 heterocycles. The summed E-state index contributed by atoms with van der Waals surface area (Å²) in [6.07, 6.45) is 8.44. The molecule has 0 bridgehead atoms. The number of thioether (sulfide) groups is 1. The van der Waals surface area contributed by atoms with Gasteiger partial charge in [-0.2, -0.15) is 0 Å². The fraction of sp³-hybridized carbons (Fsp3) is 0.412. The number of imidazole rings is 1. The van der Waals surface area contributed by atoms with E-state index in [0.717, 1.165) is 29.3 Å². The van der Waals surface area contributed by atoms with E-state index in [2.05, 4.69) is 10.3 Å². The number of carbonyl (C=O) groups is 1. The van der Waals surface area contributed by atoms with Gasteiger partial charge in [0, 0.05) is 36.8 Å². The van der Waals surface area contributed by atoms with Crippen LogP contribution in [0.4, 0.5) is 0 Å². The minimum atomic E-state index is 0.0511. The second-order valence-electron chi connectivity index (χ2n) is 5.76. The molecule has 1 aromatic carbocycles. The molecule has 3 rings (SSSR count). The molecule has 1 saturated carbocycles. The molecule has 4 nitrogen and oxygen atoms in total. The summed E-state index contributed by atoms with van der Waals surface area (Å²) in [5.74, 6) is 0.908. The standard InChI is InChI=1S/C17H21N3OS/c1-20-11-10-18-17(20)22-12-13-6-8-14(9-7-13)16(21)19-15-4-2-3-5-15/h6-11,15H,2-5,12H2,1H3,(H,19,21). The van der Waals surface area contributed by atoms with E-state index in [-0.39, 0.29) is 5.91 Å². The van der Waals surface area contributed by atoms with Crippen LogP contribution in [-0.4, -0.2) is 21.5 Å². The van der Waals surface area contributed by atoms with Crippen molar-refractivity contribution in [1.29, 1.82) is 0 Å². The van der Waals surface area contributed by atoms with Crippen LogP contribution in [0.25, 0.3) is 0 Å². The van der Waals surface area contributed by atoms with Gasteiger partial charge in [0.2, 0.25) is 0 Å². The van der Waals surface area contributed by atoms with Gasteiger partial charge < -0.3 is 9.88 Å². The monoisotopic (exact) mass is 315 g/mol. The van der Waals surface area contributed by atoms with Crippen molar-refractivity contribution in [3.63, 3.8) is 0 Å². The molecule has 0 aliphatic heterocycles. The van der Waals surface area contributed by atoms with E-state index in [9.17, 15) is 4.79 Å². The average molecular weight is 315 g/mol. The summed E-state index contributed by atoms with van der Waals surface area (Å²) in [6.45, 7) is 0. The molecule has 1 aliphatic rings. The van der Waals surface area contributed by atoms with Crippen LogP contribution in [0.5, 0.6) is 0 Å². The predicted octanol–water partition coefficient (Wildman–Crippen LogP) is 3.38.